The van der Waals surface area contributed by atoms with Gasteiger partial charge in [0.2, 0.25) is 0 Å². The maximum absolute atomic E-state index is 13.7. The van der Waals surface area contributed by atoms with Gasteiger partial charge in [-0.15, -0.1) is 11.3 Å². The number of anilines is 1. The second kappa shape index (κ2) is 6.39. The molecule has 0 radical (unpaired) electrons. The predicted molar refractivity (Wildman–Crippen MR) is 81.9 cm³/mol. The number of rotatable bonds is 5. The Hall–Kier alpha value is -1.03. The van der Waals surface area contributed by atoms with Gasteiger partial charge in [0.25, 0.3) is 10.0 Å². The van der Waals surface area contributed by atoms with Crippen molar-refractivity contribution in [3.63, 3.8) is 0 Å². The van der Waals surface area contributed by atoms with Crippen LogP contribution in [0.1, 0.15) is 5.56 Å². The van der Waals surface area contributed by atoms with Crippen LogP contribution in [-0.4, -0.2) is 15.5 Å². The van der Waals surface area contributed by atoms with Crippen molar-refractivity contribution in [3.05, 3.63) is 45.2 Å². The fourth-order valence-electron chi connectivity index (χ4n) is 1.62. The molecule has 0 spiro atoms. The van der Waals surface area contributed by atoms with Gasteiger partial charge in [-0.3, -0.25) is 4.72 Å². The lowest BCUT2D eigenvalue weighted by Gasteiger charge is -2.09. The highest BCUT2D eigenvalue weighted by atomic mass is 79.9. The molecule has 0 aliphatic carbocycles. The highest BCUT2D eigenvalue weighted by Gasteiger charge is 2.21. The first-order valence-corrected chi connectivity index (χ1v) is 8.88. The monoisotopic (exact) mass is 396 g/mol. The second-order valence-corrected chi connectivity index (χ2v) is 7.83. The summed E-state index contributed by atoms with van der Waals surface area (Å²) in [6.07, 6.45) is 0. The first-order chi connectivity index (χ1) is 9.83. The Bertz CT molecular complexity index is 739. The van der Waals surface area contributed by atoms with Crippen molar-refractivity contribution < 1.29 is 17.2 Å². The van der Waals surface area contributed by atoms with Crippen LogP contribution in [0.3, 0.4) is 0 Å². The average Bonchev–Trinajstić information content (AvgIpc) is 2.84. The van der Waals surface area contributed by atoms with Crippen LogP contribution in [0.2, 0.25) is 0 Å². The molecular weight excluding hydrogens is 386 g/mol. The van der Waals surface area contributed by atoms with Crippen LogP contribution >= 0.6 is 27.3 Å². The van der Waals surface area contributed by atoms with Crippen molar-refractivity contribution in [2.24, 2.45) is 0 Å². The molecule has 0 saturated carbocycles. The summed E-state index contributed by atoms with van der Waals surface area (Å²) in [6.45, 7) is 0.528. The first kappa shape index (κ1) is 16.3. The van der Waals surface area contributed by atoms with Crippen LogP contribution in [0.15, 0.2) is 32.3 Å². The van der Waals surface area contributed by atoms with E-state index in [0.29, 0.717) is 12.6 Å². The van der Waals surface area contributed by atoms with Crippen LogP contribution in [0, 0.1) is 11.6 Å². The minimum absolute atomic E-state index is 0.00409. The van der Waals surface area contributed by atoms with Gasteiger partial charge in [-0.1, -0.05) is 0 Å². The van der Waals surface area contributed by atoms with Crippen LogP contribution < -0.4 is 10.0 Å². The van der Waals surface area contributed by atoms with Gasteiger partial charge in [-0.25, -0.2) is 17.2 Å². The Labute approximate surface area is 133 Å². The van der Waals surface area contributed by atoms with Crippen LogP contribution in [0.4, 0.5) is 14.5 Å². The molecule has 0 unspecified atom stereocenters. The van der Waals surface area contributed by atoms with E-state index in [1.807, 2.05) is 0 Å². The van der Waals surface area contributed by atoms with Crippen LogP contribution in [-0.2, 0) is 16.6 Å². The second-order valence-electron chi connectivity index (χ2n) is 4.15. The molecule has 0 atom stereocenters. The Morgan fingerprint density at radius 1 is 1.29 bits per heavy atom. The highest BCUT2D eigenvalue weighted by Crippen LogP contribution is 2.30. The van der Waals surface area contributed by atoms with Crippen molar-refractivity contribution in [1.29, 1.82) is 0 Å². The van der Waals surface area contributed by atoms with Gasteiger partial charge in [0.05, 0.1) is 5.69 Å². The third kappa shape index (κ3) is 3.79. The Morgan fingerprint density at radius 3 is 2.62 bits per heavy atom. The molecule has 0 aliphatic rings. The number of benzene rings is 1. The van der Waals surface area contributed by atoms with E-state index in [1.54, 1.807) is 12.4 Å². The number of hydrogen-bond donors (Lipinski definition) is 2. The van der Waals surface area contributed by atoms with Gasteiger partial charge in [0.15, 0.2) is 5.82 Å². The van der Waals surface area contributed by atoms with Gasteiger partial charge < -0.3 is 5.32 Å². The molecule has 4 nitrogen and oxygen atoms in total. The smallest absolute Gasteiger partial charge is 0.271 e. The van der Waals surface area contributed by atoms with Gasteiger partial charge in [-0.2, -0.15) is 0 Å². The largest absolute Gasteiger partial charge is 0.316 e. The zero-order chi connectivity index (χ0) is 15.6. The number of sulfonamides is 1. The first-order valence-electron chi connectivity index (χ1n) is 5.73. The quantitative estimate of drug-likeness (QED) is 0.814. The third-order valence-electron chi connectivity index (χ3n) is 2.52. The van der Waals surface area contributed by atoms with Gasteiger partial charge in [0.1, 0.15) is 10.0 Å². The van der Waals surface area contributed by atoms with E-state index in [2.05, 4.69) is 26.0 Å². The van der Waals surface area contributed by atoms with E-state index in [-0.39, 0.29) is 14.4 Å². The molecule has 0 aliphatic heterocycles. The van der Waals surface area contributed by atoms with E-state index in [9.17, 15) is 17.2 Å². The van der Waals surface area contributed by atoms with Crippen molar-refractivity contribution >= 4 is 43.0 Å². The van der Waals surface area contributed by atoms with Crippen molar-refractivity contribution in [2.45, 2.75) is 10.8 Å². The number of hydrogen-bond acceptors (Lipinski definition) is 4. The molecule has 2 rings (SSSR count). The highest BCUT2D eigenvalue weighted by molar-refractivity contribution is 9.10. The average molecular weight is 397 g/mol. The molecule has 2 aromatic rings. The van der Waals surface area contributed by atoms with Crippen LogP contribution in [0.5, 0.6) is 0 Å². The molecule has 0 fully saturated rings. The van der Waals surface area contributed by atoms with E-state index in [4.69, 9.17) is 0 Å². The summed E-state index contributed by atoms with van der Waals surface area (Å²) in [5.74, 6) is -1.78. The topological polar surface area (TPSA) is 58.2 Å². The number of halogens is 3. The van der Waals surface area contributed by atoms with E-state index < -0.39 is 21.7 Å². The standard InChI is InChI=1S/C12H11BrF2N2O2S2/c1-16-5-7-2-11(20-6-7)21(18,19)17-12-9(13)3-8(14)4-10(12)15/h2-4,6,16-17H,5H2,1H3. The van der Waals surface area contributed by atoms with Crippen molar-refractivity contribution in [3.8, 4) is 0 Å². The molecule has 0 amide bonds. The lowest BCUT2D eigenvalue weighted by atomic mass is 10.3. The minimum atomic E-state index is -3.92. The Morgan fingerprint density at radius 2 is 2.00 bits per heavy atom. The molecule has 0 bridgehead atoms. The fraction of sp³-hybridized carbons (Fsp3) is 0.167. The summed E-state index contributed by atoms with van der Waals surface area (Å²) in [6, 6.07) is 3.10. The summed E-state index contributed by atoms with van der Waals surface area (Å²) < 4.78 is 53.3. The third-order valence-corrected chi connectivity index (χ3v) is 5.98. The fourth-order valence-corrected chi connectivity index (χ4v) is 4.55. The molecular formula is C12H11BrF2N2O2S2. The summed E-state index contributed by atoms with van der Waals surface area (Å²) in [4.78, 5) is 0. The molecule has 0 saturated heterocycles. The lowest BCUT2D eigenvalue weighted by molar-refractivity contribution is 0.582. The van der Waals surface area contributed by atoms with Crippen molar-refractivity contribution in [1.82, 2.24) is 5.32 Å². The van der Waals surface area contributed by atoms with Gasteiger partial charge in [-0.05, 0) is 46.1 Å². The SMILES string of the molecule is CNCc1csc(S(=O)(=O)Nc2c(F)cc(F)cc2Br)c1. The minimum Gasteiger partial charge on any atom is -0.316 e. The molecule has 21 heavy (non-hydrogen) atoms. The normalized spacial score (nSPS) is 11.6. The van der Waals surface area contributed by atoms with Crippen molar-refractivity contribution in [2.75, 3.05) is 11.8 Å². The zero-order valence-electron chi connectivity index (χ0n) is 10.8. The summed E-state index contributed by atoms with van der Waals surface area (Å²) >= 11 is 3.97. The maximum atomic E-state index is 13.7. The number of nitrogens with one attached hydrogen (secondary N) is 2. The summed E-state index contributed by atoms with van der Waals surface area (Å²) in [7, 11) is -2.18. The molecule has 1 aromatic carbocycles. The molecule has 114 valence electrons. The molecule has 1 heterocycles. The zero-order valence-corrected chi connectivity index (χ0v) is 14.0. The molecule has 2 N–H and O–H groups in total. The van der Waals surface area contributed by atoms with Gasteiger partial charge in [0, 0.05) is 17.1 Å². The maximum Gasteiger partial charge on any atom is 0.271 e. The lowest BCUT2D eigenvalue weighted by Crippen LogP contribution is -2.13. The number of thiophene rings is 1. The predicted octanol–water partition coefficient (Wildman–Crippen LogP) is 3.31. The van der Waals surface area contributed by atoms with E-state index >= 15 is 0 Å². The molecule has 1 aromatic heterocycles. The van der Waals surface area contributed by atoms with E-state index in [0.717, 1.165) is 23.0 Å². The summed E-state index contributed by atoms with van der Waals surface area (Å²) in [5.41, 5.74) is 0.487. The summed E-state index contributed by atoms with van der Waals surface area (Å²) in [5, 5.41) is 4.60. The van der Waals surface area contributed by atoms with Gasteiger partial charge >= 0.3 is 0 Å². The van der Waals surface area contributed by atoms with E-state index in [1.165, 1.54) is 6.07 Å². The Kier molecular flexibility index (Phi) is 4.97. The van der Waals surface area contributed by atoms with Crippen LogP contribution in [0.25, 0.3) is 0 Å². The Balaban J connectivity index is 2.33. The molecule has 9 heteroatoms.